The molecule has 0 spiro atoms. The van der Waals surface area contributed by atoms with Crippen molar-refractivity contribution in [2.24, 2.45) is 0 Å². The molecule has 100 valence electrons. The molecule has 0 aliphatic rings. The molecule has 0 aliphatic heterocycles. The second-order valence-corrected chi connectivity index (χ2v) is 4.22. The van der Waals surface area contributed by atoms with Crippen LogP contribution in [0.5, 0.6) is 0 Å². The zero-order valence-corrected chi connectivity index (χ0v) is 10.7. The van der Waals surface area contributed by atoms with Crippen molar-refractivity contribution in [3.8, 4) is 6.07 Å². The maximum Gasteiger partial charge on any atom is 0.335 e. The predicted octanol–water partition coefficient (Wildman–Crippen LogP) is 2.31. The first-order valence-corrected chi connectivity index (χ1v) is 6.11. The molecule has 1 aromatic carbocycles. The van der Waals surface area contributed by atoms with Crippen molar-refractivity contribution in [2.75, 3.05) is 11.9 Å². The third-order valence-corrected chi connectivity index (χ3v) is 2.82. The normalized spacial score (nSPS) is 9.75. The first-order valence-electron chi connectivity index (χ1n) is 6.11. The average Bonchev–Trinajstić information content (AvgIpc) is 2.48. The van der Waals surface area contributed by atoms with Crippen LogP contribution in [0.2, 0.25) is 0 Å². The summed E-state index contributed by atoms with van der Waals surface area (Å²) in [5, 5.41) is 20.8. The molecule has 0 amide bonds. The Bertz CT molecular complexity index is 645. The number of hydrogen-bond donors (Lipinski definition) is 2. The van der Waals surface area contributed by atoms with Gasteiger partial charge in [-0.05, 0) is 36.2 Å². The zero-order chi connectivity index (χ0) is 14.4. The molecule has 20 heavy (non-hydrogen) atoms. The Balaban J connectivity index is 1.89. The number of nitrogens with one attached hydrogen (secondary N) is 1. The summed E-state index contributed by atoms with van der Waals surface area (Å²) < 4.78 is 0. The summed E-state index contributed by atoms with van der Waals surface area (Å²) in [6.07, 6.45) is 2.35. The van der Waals surface area contributed by atoms with Gasteiger partial charge in [0.15, 0.2) is 0 Å². The molecule has 0 atom stereocenters. The largest absolute Gasteiger partial charge is 0.478 e. The van der Waals surface area contributed by atoms with Gasteiger partial charge in [-0.3, -0.25) is 0 Å². The van der Waals surface area contributed by atoms with Gasteiger partial charge in [-0.2, -0.15) is 5.26 Å². The lowest BCUT2D eigenvalue weighted by Gasteiger charge is -2.06. The standard InChI is InChI=1S/C15H13N3O2/c16-10-14-9-13(6-8-18-14)17-7-5-11-1-3-12(4-2-11)15(19)20/h1-4,6,8-9H,5,7H2,(H,17,18)(H,19,20). The second kappa shape index (κ2) is 6.34. The maximum atomic E-state index is 10.7. The van der Waals surface area contributed by atoms with Crippen molar-refractivity contribution in [3.63, 3.8) is 0 Å². The lowest BCUT2D eigenvalue weighted by molar-refractivity contribution is 0.0697. The topological polar surface area (TPSA) is 86.0 Å². The van der Waals surface area contributed by atoms with Crippen LogP contribution in [-0.4, -0.2) is 22.6 Å². The summed E-state index contributed by atoms with van der Waals surface area (Å²) in [6, 6.07) is 12.3. The number of carboxylic acids is 1. The fourth-order valence-electron chi connectivity index (χ4n) is 1.77. The number of rotatable bonds is 5. The molecule has 0 radical (unpaired) electrons. The fourth-order valence-corrected chi connectivity index (χ4v) is 1.77. The van der Waals surface area contributed by atoms with Crippen molar-refractivity contribution in [1.82, 2.24) is 4.98 Å². The highest BCUT2D eigenvalue weighted by molar-refractivity contribution is 5.87. The van der Waals surface area contributed by atoms with Crippen LogP contribution in [-0.2, 0) is 6.42 Å². The van der Waals surface area contributed by atoms with Gasteiger partial charge in [0, 0.05) is 18.4 Å². The number of nitriles is 1. The van der Waals surface area contributed by atoms with Crippen molar-refractivity contribution >= 4 is 11.7 Å². The highest BCUT2D eigenvalue weighted by Gasteiger charge is 2.01. The summed E-state index contributed by atoms with van der Waals surface area (Å²) in [4.78, 5) is 14.6. The van der Waals surface area contributed by atoms with Gasteiger partial charge in [0.2, 0.25) is 0 Å². The van der Waals surface area contributed by atoms with Gasteiger partial charge in [-0.25, -0.2) is 9.78 Å². The van der Waals surface area contributed by atoms with E-state index in [4.69, 9.17) is 10.4 Å². The van der Waals surface area contributed by atoms with Gasteiger partial charge < -0.3 is 10.4 Å². The fraction of sp³-hybridized carbons (Fsp3) is 0.133. The van der Waals surface area contributed by atoms with Crippen molar-refractivity contribution in [2.45, 2.75) is 6.42 Å². The average molecular weight is 267 g/mol. The lowest BCUT2D eigenvalue weighted by Crippen LogP contribution is -2.05. The van der Waals surface area contributed by atoms with Gasteiger partial charge in [-0.15, -0.1) is 0 Å². The van der Waals surface area contributed by atoms with Crippen LogP contribution in [0.1, 0.15) is 21.6 Å². The number of benzene rings is 1. The molecule has 5 heteroatoms. The van der Waals surface area contributed by atoms with Crippen LogP contribution in [0, 0.1) is 11.3 Å². The Morgan fingerprint density at radius 3 is 2.70 bits per heavy atom. The van der Waals surface area contributed by atoms with E-state index < -0.39 is 5.97 Å². The highest BCUT2D eigenvalue weighted by Crippen LogP contribution is 2.09. The molecular weight excluding hydrogens is 254 g/mol. The molecule has 0 saturated heterocycles. The van der Waals surface area contributed by atoms with Crippen molar-refractivity contribution < 1.29 is 9.90 Å². The van der Waals surface area contributed by atoms with Gasteiger partial charge in [0.1, 0.15) is 11.8 Å². The monoisotopic (exact) mass is 267 g/mol. The molecule has 0 unspecified atom stereocenters. The molecule has 2 aromatic rings. The minimum absolute atomic E-state index is 0.287. The summed E-state index contributed by atoms with van der Waals surface area (Å²) >= 11 is 0. The van der Waals surface area contributed by atoms with E-state index >= 15 is 0 Å². The molecule has 5 nitrogen and oxygen atoms in total. The van der Waals surface area contributed by atoms with Crippen LogP contribution in [0.15, 0.2) is 42.6 Å². The molecule has 1 aromatic heterocycles. The van der Waals surface area contributed by atoms with Crippen molar-refractivity contribution in [3.05, 3.63) is 59.4 Å². The highest BCUT2D eigenvalue weighted by atomic mass is 16.4. The Hall–Kier alpha value is -2.87. The Kier molecular flexibility index (Phi) is 4.30. The summed E-state index contributed by atoms with van der Waals surface area (Å²) in [5.41, 5.74) is 2.56. The molecule has 0 bridgehead atoms. The first kappa shape index (κ1) is 13.6. The Morgan fingerprint density at radius 1 is 1.30 bits per heavy atom. The van der Waals surface area contributed by atoms with E-state index in [0.29, 0.717) is 12.2 Å². The summed E-state index contributed by atoms with van der Waals surface area (Å²) in [5.74, 6) is -0.921. The molecule has 2 rings (SSSR count). The molecule has 2 N–H and O–H groups in total. The van der Waals surface area contributed by atoms with E-state index in [9.17, 15) is 4.79 Å². The van der Waals surface area contributed by atoms with Gasteiger partial charge in [0.25, 0.3) is 0 Å². The number of anilines is 1. The van der Waals surface area contributed by atoms with Crippen LogP contribution >= 0.6 is 0 Å². The number of pyridine rings is 1. The number of hydrogen-bond acceptors (Lipinski definition) is 4. The van der Waals surface area contributed by atoms with Crippen LogP contribution in [0.25, 0.3) is 0 Å². The third-order valence-electron chi connectivity index (χ3n) is 2.82. The Morgan fingerprint density at radius 2 is 2.05 bits per heavy atom. The number of nitrogens with zero attached hydrogens (tertiary/aromatic N) is 2. The second-order valence-electron chi connectivity index (χ2n) is 4.22. The molecule has 0 aliphatic carbocycles. The number of carbonyl (C=O) groups is 1. The molecule has 0 fully saturated rings. The third kappa shape index (κ3) is 3.56. The van der Waals surface area contributed by atoms with Gasteiger partial charge in [-0.1, -0.05) is 12.1 Å². The van der Waals surface area contributed by atoms with Gasteiger partial charge in [0.05, 0.1) is 5.56 Å². The zero-order valence-electron chi connectivity index (χ0n) is 10.7. The smallest absolute Gasteiger partial charge is 0.335 e. The van der Waals surface area contributed by atoms with E-state index in [1.54, 1.807) is 42.6 Å². The first-order chi connectivity index (χ1) is 9.69. The van der Waals surface area contributed by atoms with Crippen LogP contribution in [0.4, 0.5) is 5.69 Å². The summed E-state index contributed by atoms with van der Waals surface area (Å²) in [7, 11) is 0. The Labute approximate surface area is 116 Å². The van der Waals surface area contributed by atoms with Gasteiger partial charge >= 0.3 is 5.97 Å². The lowest BCUT2D eigenvalue weighted by atomic mass is 10.1. The molecule has 1 heterocycles. The van der Waals surface area contributed by atoms with Crippen molar-refractivity contribution in [1.29, 1.82) is 5.26 Å². The summed E-state index contributed by atoms with van der Waals surface area (Å²) in [6.45, 7) is 0.696. The van der Waals surface area contributed by atoms with E-state index in [1.165, 1.54) is 0 Å². The number of aromatic nitrogens is 1. The number of carboxylic acid groups (broad SMARTS) is 1. The predicted molar refractivity (Wildman–Crippen MR) is 74.5 cm³/mol. The van der Waals surface area contributed by atoms with E-state index in [2.05, 4.69) is 10.3 Å². The van der Waals surface area contributed by atoms with Crippen LogP contribution in [0.3, 0.4) is 0 Å². The van der Waals surface area contributed by atoms with E-state index in [1.807, 2.05) is 6.07 Å². The minimum Gasteiger partial charge on any atom is -0.478 e. The number of aromatic carboxylic acids is 1. The van der Waals surface area contributed by atoms with Crippen LogP contribution < -0.4 is 5.32 Å². The SMILES string of the molecule is N#Cc1cc(NCCc2ccc(C(=O)O)cc2)ccn1. The van der Waals surface area contributed by atoms with E-state index in [-0.39, 0.29) is 5.56 Å². The van der Waals surface area contributed by atoms with E-state index in [0.717, 1.165) is 17.7 Å². The minimum atomic E-state index is -0.921. The molecular formula is C15H13N3O2. The maximum absolute atomic E-state index is 10.7. The molecule has 0 saturated carbocycles. The quantitative estimate of drug-likeness (QED) is 0.868.